The summed E-state index contributed by atoms with van der Waals surface area (Å²) in [5, 5.41) is 1.56. The molecule has 0 N–H and O–H groups in total. The molecule has 1 aromatic heterocycles. The topological polar surface area (TPSA) is 40.5 Å². The van der Waals surface area contributed by atoms with Crippen LogP contribution >= 0.6 is 19.2 Å². The van der Waals surface area contributed by atoms with Crippen LogP contribution in [-0.2, 0) is 26.8 Å². The summed E-state index contributed by atoms with van der Waals surface area (Å²) in [7, 11) is -1.19. The molecule has 1 heterocycles. The van der Waals surface area contributed by atoms with E-state index in [9.17, 15) is 4.57 Å². The van der Waals surface area contributed by atoms with Crippen molar-refractivity contribution in [3.05, 3.63) is 35.0 Å². The molecule has 0 fully saturated rings. The lowest BCUT2D eigenvalue weighted by Crippen LogP contribution is -1.98. The van der Waals surface area contributed by atoms with Crippen LogP contribution in [0.25, 0.3) is 10.9 Å². The summed E-state index contributed by atoms with van der Waals surface area (Å²) in [6, 6.07) is 5.72. The fourth-order valence-corrected chi connectivity index (χ4v) is 4.33. The van der Waals surface area contributed by atoms with Gasteiger partial charge in [0.1, 0.15) is 0 Å². The number of rotatable bonds is 6. The molecule has 0 bridgehead atoms. The van der Waals surface area contributed by atoms with Crippen molar-refractivity contribution < 1.29 is 13.6 Å². The SMILES string of the molecule is CCOP(=O)(Cc1cn(C)c2cccc(Cl)c12)OCC. The highest BCUT2D eigenvalue weighted by Gasteiger charge is 2.26. The Morgan fingerprint density at radius 1 is 1.25 bits per heavy atom. The molecule has 2 aromatic rings. The summed E-state index contributed by atoms with van der Waals surface area (Å²) >= 11 is 6.27. The van der Waals surface area contributed by atoms with Crippen molar-refractivity contribution in [1.82, 2.24) is 4.57 Å². The maximum Gasteiger partial charge on any atom is 0.335 e. The highest BCUT2D eigenvalue weighted by Crippen LogP contribution is 2.52. The molecule has 6 heteroatoms. The van der Waals surface area contributed by atoms with Crippen LogP contribution in [0.15, 0.2) is 24.4 Å². The van der Waals surface area contributed by atoms with E-state index in [-0.39, 0.29) is 6.16 Å². The zero-order chi connectivity index (χ0) is 14.8. The Balaban J connectivity index is 2.45. The quantitative estimate of drug-likeness (QED) is 0.732. The van der Waals surface area contributed by atoms with Crippen LogP contribution in [0.4, 0.5) is 0 Å². The summed E-state index contributed by atoms with van der Waals surface area (Å²) in [6.45, 7) is 4.33. The Bertz CT molecular complexity index is 643. The lowest BCUT2D eigenvalue weighted by molar-refractivity contribution is 0.219. The number of aryl methyl sites for hydroxylation is 1. The van der Waals surface area contributed by atoms with Gasteiger partial charge in [0.2, 0.25) is 0 Å². The van der Waals surface area contributed by atoms with E-state index in [4.69, 9.17) is 20.6 Å². The van der Waals surface area contributed by atoms with Crippen LogP contribution < -0.4 is 0 Å². The van der Waals surface area contributed by atoms with Gasteiger partial charge in [0.05, 0.1) is 24.4 Å². The van der Waals surface area contributed by atoms with E-state index in [0.29, 0.717) is 18.2 Å². The molecule has 0 aliphatic rings. The molecule has 0 aliphatic heterocycles. The monoisotopic (exact) mass is 315 g/mol. The van der Waals surface area contributed by atoms with Gasteiger partial charge in [0, 0.05) is 24.1 Å². The highest BCUT2D eigenvalue weighted by molar-refractivity contribution is 7.53. The second kappa shape index (κ2) is 6.31. The minimum Gasteiger partial charge on any atom is -0.350 e. The summed E-state index contributed by atoms with van der Waals surface area (Å²) in [4.78, 5) is 0. The Kier molecular flexibility index (Phi) is 4.92. The molecule has 4 nitrogen and oxygen atoms in total. The van der Waals surface area contributed by atoms with E-state index >= 15 is 0 Å². The van der Waals surface area contributed by atoms with Gasteiger partial charge in [-0.2, -0.15) is 0 Å². The summed E-state index contributed by atoms with van der Waals surface area (Å²) in [5.41, 5.74) is 1.89. The van der Waals surface area contributed by atoms with Gasteiger partial charge in [-0.25, -0.2) is 0 Å². The van der Waals surface area contributed by atoms with E-state index in [1.807, 2.05) is 49.9 Å². The molecule has 1 aromatic carbocycles. The van der Waals surface area contributed by atoms with Crippen LogP contribution in [0.2, 0.25) is 5.02 Å². The van der Waals surface area contributed by atoms with Crippen molar-refractivity contribution in [3.8, 4) is 0 Å². The normalized spacial score (nSPS) is 12.2. The molecule has 0 spiro atoms. The van der Waals surface area contributed by atoms with Crippen molar-refractivity contribution in [2.45, 2.75) is 20.0 Å². The summed E-state index contributed by atoms with van der Waals surface area (Å²) < 4.78 is 25.3. The predicted octanol–water partition coefficient (Wildman–Crippen LogP) is 4.60. The van der Waals surface area contributed by atoms with Crippen molar-refractivity contribution in [2.24, 2.45) is 7.05 Å². The van der Waals surface area contributed by atoms with Crippen LogP contribution in [-0.4, -0.2) is 17.8 Å². The minimum absolute atomic E-state index is 0.232. The summed E-state index contributed by atoms with van der Waals surface area (Å²) in [6.07, 6.45) is 2.16. The van der Waals surface area contributed by atoms with Crippen molar-refractivity contribution in [2.75, 3.05) is 13.2 Å². The van der Waals surface area contributed by atoms with Crippen LogP contribution in [0, 0.1) is 0 Å². The lowest BCUT2D eigenvalue weighted by Gasteiger charge is -2.16. The zero-order valence-corrected chi connectivity index (χ0v) is 13.6. The number of hydrogen-bond acceptors (Lipinski definition) is 3. The number of halogens is 1. The summed E-state index contributed by atoms with van der Waals surface area (Å²) in [5.74, 6) is 0. The molecular formula is C14H19ClNO3P. The van der Waals surface area contributed by atoms with Gasteiger partial charge in [-0.05, 0) is 31.5 Å². The molecule has 0 saturated heterocycles. The van der Waals surface area contributed by atoms with Crippen molar-refractivity contribution in [1.29, 1.82) is 0 Å². The van der Waals surface area contributed by atoms with Gasteiger partial charge < -0.3 is 13.6 Å². The molecular weight excluding hydrogens is 297 g/mol. The second-order valence-corrected chi connectivity index (χ2v) is 6.97. The third-order valence-corrected chi connectivity index (χ3v) is 5.40. The molecule has 0 radical (unpaired) electrons. The first-order valence-corrected chi connectivity index (χ1v) is 8.72. The van der Waals surface area contributed by atoms with Crippen LogP contribution in [0.1, 0.15) is 19.4 Å². The third kappa shape index (κ3) is 3.09. The number of fused-ring (bicyclic) bond motifs is 1. The van der Waals surface area contributed by atoms with Gasteiger partial charge in [0.15, 0.2) is 0 Å². The van der Waals surface area contributed by atoms with Gasteiger partial charge >= 0.3 is 7.60 Å². The molecule has 20 heavy (non-hydrogen) atoms. The van der Waals surface area contributed by atoms with Crippen molar-refractivity contribution >= 4 is 30.1 Å². The predicted molar refractivity (Wildman–Crippen MR) is 82.5 cm³/mol. The average molecular weight is 316 g/mol. The Morgan fingerprint density at radius 3 is 2.50 bits per heavy atom. The van der Waals surface area contributed by atoms with Crippen LogP contribution in [0.5, 0.6) is 0 Å². The fourth-order valence-electron chi connectivity index (χ4n) is 2.34. The fraction of sp³-hybridized carbons (Fsp3) is 0.429. The van der Waals surface area contributed by atoms with E-state index < -0.39 is 7.60 Å². The maximum atomic E-state index is 12.7. The maximum absolute atomic E-state index is 12.7. The molecule has 0 aliphatic carbocycles. The highest BCUT2D eigenvalue weighted by atomic mass is 35.5. The molecule has 0 saturated carbocycles. The first kappa shape index (κ1) is 15.6. The van der Waals surface area contributed by atoms with E-state index in [1.54, 1.807) is 0 Å². The number of aromatic nitrogens is 1. The van der Waals surface area contributed by atoms with Gasteiger partial charge in [-0.1, -0.05) is 17.7 Å². The Hall–Kier alpha value is -0.800. The first-order valence-electron chi connectivity index (χ1n) is 6.61. The van der Waals surface area contributed by atoms with Gasteiger partial charge in [-0.3, -0.25) is 4.57 Å². The minimum atomic E-state index is -3.12. The molecule has 0 amide bonds. The smallest absolute Gasteiger partial charge is 0.335 e. The van der Waals surface area contributed by atoms with E-state index in [1.165, 1.54) is 0 Å². The molecule has 0 unspecified atom stereocenters. The van der Waals surface area contributed by atoms with Gasteiger partial charge in [0.25, 0.3) is 0 Å². The largest absolute Gasteiger partial charge is 0.350 e. The second-order valence-electron chi connectivity index (χ2n) is 4.50. The Morgan fingerprint density at radius 2 is 1.90 bits per heavy atom. The van der Waals surface area contributed by atoms with E-state index in [2.05, 4.69) is 0 Å². The van der Waals surface area contributed by atoms with E-state index in [0.717, 1.165) is 16.5 Å². The first-order chi connectivity index (χ1) is 9.50. The lowest BCUT2D eigenvalue weighted by atomic mass is 10.2. The average Bonchev–Trinajstić information content (AvgIpc) is 2.68. The van der Waals surface area contributed by atoms with Crippen LogP contribution in [0.3, 0.4) is 0 Å². The number of benzene rings is 1. The molecule has 0 atom stereocenters. The molecule has 110 valence electrons. The van der Waals surface area contributed by atoms with Gasteiger partial charge in [-0.15, -0.1) is 0 Å². The number of nitrogens with zero attached hydrogens (tertiary/aromatic N) is 1. The third-order valence-electron chi connectivity index (χ3n) is 3.06. The molecule has 2 rings (SSSR count). The zero-order valence-electron chi connectivity index (χ0n) is 11.9. The Labute approximate surface area is 124 Å². The van der Waals surface area contributed by atoms with Crippen molar-refractivity contribution in [3.63, 3.8) is 0 Å². The number of hydrogen-bond donors (Lipinski definition) is 0. The standard InChI is InChI=1S/C14H19ClNO3P/c1-4-18-20(17,19-5-2)10-11-9-16(3)13-8-6-7-12(15)14(11)13/h6-9H,4-5,10H2,1-3H3.